The van der Waals surface area contributed by atoms with Crippen molar-refractivity contribution in [2.24, 2.45) is 0 Å². The van der Waals surface area contributed by atoms with Crippen LogP contribution in [0.2, 0.25) is 0 Å². The number of rotatable bonds is 2. The lowest BCUT2D eigenvalue weighted by Gasteiger charge is -2.26. The third-order valence-corrected chi connectivity index (χ3v) is 4.54. The third-order valence-electron chi connectivity index (χ3n) is 3.35. The van der Waals surface area contributed by atoms with E-state index in [4.69, 9.17) is 0 Å². The molecule has 0 saturated carbocycles. The molecule has 0 N–H and O–H groups in total. The Labute approximate surface area is 113 Å². The fraction of sp³-hybridized carbons (Fsp3) is 0.400. The smallest absolute Gasteiger partial charge is 0.223 e. The fourth-order valence-electron chi connectivity index (χ4n) is 2.18. The summed E-state index contributed by atoms with van der Waals surface area (Å²) in [5.41, 5.74) is 3.75. The second-order valence-corrected chi connectivity index (χ2v) is 5.95. The van der Waals surface area contributed by atoms with Crippen LogP contribution < -0.4 is 4.90 Å². The van der Waals surface area contributed by atoms with Crippen LogP contribution >= 0.6 is 11.8 Å². The molecule has 1 aromatic rings. The highest BCUT2D eigenvalue weighted by Gasteiger charge is 2.21. The molecule has 1 aliphatic rings. The predicted molar refractivity (Wildman–Crippen MR) is 79.1 cm³/mol. The molecule has 1 aliphatic heterocycles. The zero-order valence-electron chi connectivity index (χ0n) is 11.1. The maximum atomic E-state index is 11.6. The predicted octanol–water partition coefficient (Wildman–Crippen LogP) is 3.79. The molecule has 2 rings (SSSR count). The molecule has 2 nitrogen and oxygen atoms in total. The number of nitrogens with zero attached hydrogens (tertiary/aromatic N) is 1. The van der Waals surface area contributed by atoms with Crippen LogP contribution in [0.5, 0.6) is 0 Å². The molecular weight excluding hydrogens is 242 g/mol. The number of anilines is 1. The van der Waals surface area contributed by atoms with Gasteiger partial charge < -0.3 is 4.90 Å². The summed E-state index contributed by atoms with van der Waals surface area (Å²) in [5, 5.41) is 0.466. The van der Waals surface area contributed by atoms with Crippen LogP contribution in [-0.2, 0) is 4.79 Å². The Morgan fingerprint density at radius 3 is 2.78 bits per heavy atom. The number of amides is 1. The minimum Gasteiger partial charge on any atom is -0.315 e. The van der Waals surface area contributed by atoms with Gasteiger partial charge in [0.1, 0.15) is 0 Å². The van der Waals surface area contributed by atoms with Crippen molar-refractivity contribution in [2.75, 3.05) is 17.7 Å². The normalized spacial score (nSPS) is 19.3. The number of thioether (sulfide) groups is 1. The number of carbonyl (C=O) groups is 1. The molecule has 0 radical (unpaired) electrons. The molecule has 0 spiro atoms. The van der Waals surface area contributed by atoms with E-state index in [1.165, 1.54) is 11.1 Å². The van der Waals surface area contributed by atoms with Crippen molar-refractivity contribution in [1.82, 2.24) is 0 Å². The maximum Gasteiger partial charge on any atom is 0.223 e. The van der Waals surface area contributed by atoms with Gasteiger partial charge in [-0.25, -0.2) is 0 Å². The van der Waals surface area contributed by atoms with Crippen LogP contribution in [0.1, 0.15) is 31.1 Å². The van der Waals surface area contributed by atoms with Gasteiger partial charge in [0.25, 0.3) is 0 Å². The Morgan fingerprint density at radius 1 is 1.39 bits per heavy atom. The van der Waals surface area contributed by atoms with E-state index in [1.54, 1.807) is 11.8 Å². The van der Waals surface area contributed by atoms with E-state index in [2.05, 4.69) is 25.1 Å². The van der Waals surface area contributed by atoms with Crippen molar-refractivity contribution in [3.8, 4) is 0 Å². The van der Waals surface area contributed by atoms with Gasteiger partial charge in [0, 0.05) is 30.7 Å². The topological polar surface area (TPSA) is 20.3 Å². The van der Waals surface area contributed by atoms with E-state index < -0.39 is 0 Å². The molecule has 18 heavy (non-hydrogen) atoms. The van der Waals surface area contributed by atoms with Gasteiger partial charge in [-0.1, -0.05) is 29.8 Å². The second kappa shape index (κ2) is 5.61. The van der Waals surface area contributed by atoms with Crippen LogP contribution in [0.25, 0.3) is 0 Å². The lowest BCUT2D eigenvalue weighted by molar-refractivity contribution is -0.116. The number of hydrogen-bond acceptors (Lipinski definition) is 2. The van der Waals surface area contributed by atoms with Crippen molar-refractivity contribution in [1.29, 1.82) is 0 Å². The average Bonchev–Trinajstić information content (AvgIpc) is 2.38. The van der Waals surface area contributed by atoms with Gasteiger partial charge in [-0.3, -0.25) is 4.79 Å². The molecule has 1 atom stereocenters. The zero-order valence-corrected chi connectivity index (χ0v) is 12.0. The third kappa shape index (κ3) is 2.78. The van der Waals surface area contributed by atoms with Gasteiger partial charge in [0.15, 0.2) is 0 Å². The summed E-state index contributed by atoms with van der Waals surface area (Å²) < 4.78 is 0. The van der Waals surface area contributed by atoms with Gasteiger partial charge in [0.05, 0.1) is 0 Å². The fourth-order valence-corrected chi connectivity index (χ4v) is 3.55. The lowest BCUT2D eigenvalue weighted by atomic mass is 10.0. The van der Waals surface area contributed by atoms with Gasteiger partial charge >= 0.3 is 0 Å². The Morgan fingerprint density at radius 2 is 2.11 bits per heavy atom. The van der Waals surface area contributed by atoms with Crippen LogP contribution in [0.3, 0.4) is 0 Å². The van der Waals surface area contributed by atoms with Crippen molar-refractivity contribution in [2.45, 2.75) is 25.5 Å². The number of carbonyl (C=O) groups excluding carboxylic acids is 1. The molecule has 96 valence electrons. The Kier molecular flexibility index (Phi) is 4.12. The molecule has 0 fully saturated rings. The van der Waals surface area contributed by atoms with Crippen molar-refractivity contribution in [3.63, 3.8) is 0 Å². The summed E-state index contributed by atoms with van der Waals surface area (Å²) in [7, 11) is 1.84. The average molecular weight is 261 g/mol. The zero-order chi connectivity index (χ0) is 13.1. The van der Waals surface area contributed by atoms with E-state index in [1.807, 2.05) is 30.9 Å². The summed E-state index contributed by atoms with van der Waals surface area (Å²) in [6, 6.07) is 8.23. The number of hydrogen-bond donors (Lipinski definition) is 0. The quantitative estimate of drug-likeness (QED) is 0.755. The number of para-hydroxylation sites is 1. The van der Waals surface area contributed by atoms with Crippen LogP contribution in [0, 0.1) is 0 Å². The summed E-state index contributed by atoms with van der Waals surface area (Å²) >= 11 is 1.95. The molecular formula is C15H19NOS. The Bertz CT molecular complexity index is 481. The monoisotopic (exact) mass is 261 g/mol. The van der Waals surface area contributed by atoms with E-state index in [-0.39, 0.29) is 5.91 Å². The highest BCUT2D eigenvalue weighted by molar-refractivity contribution is 7.99. The van der Waals surface area contributed by atoms with Gasteiger partial charge in [-0.05, 0) is 25.0 Å². The minimum absolute atomic E-state index is 0.0792. The van der Waals surface area contributed by atoms with Gasteiger partial charge in [-0.15, -0.1) is 11.8 Å². The van der Waals surface area contributed by atoms with E-state index in [0.29, 0.717) is 5.25 Å². The molecule has 0 aliphatic carbocycles. The first-order chi connectivity index (χ1) is 8.59. The molecule has 3 heteroatoms. The van der Waals surface area contributed by atoms with Crippen LogP contribution in [0.4, 0.5) is 5.69 Å². The number of allylic oxidation sites excluding steroid dienone is 1. The second-order valence-electron chi connectivity index (χ2n) is 4.71. The highest BCUT2D eigenvalue weighted by Crippen LogP contribution is 2.41. The maximum absolute atomic E-state index is 11.6. The first-order valence-corrected chi connectivity index (χ1v) is 7.25. The summed E-state index contributed by atoms with van der Waals surface area (Å²) in [6.07, 6.45) is 3.37. The number of benzene rings is 1. The van der Waals surface area contributed by atoms with Crippen LogP contribution in [0.15, 0.2) is 35.9 Å². The first kappa shape index (κ1) is 13.2. The van der Waals surface area contributed by atoms with Crippen LogP contribution in [-0.4, -0.2) is 18.7 Å². The SMILES string of the molecule is CC(=O)N(C)c1ccccc1C1CC(C)=CCS1. The molecule has 0 saturated heterocycles. The van der Waals surface area contributed by atoms with Crippen molar-refractivity contribution < 1.29 is 4.79 Å². The molecule has 1 amide bonds. The van der Waals surface area contributed by atoms with E-state index in [0.717, 1.165) is 17.9 Å². The summed E-state index contributed by atoms with van der Waals surface area (Å²) in [4.78, 5) is 13.3. The van der Waals surface area contributed by atoms with E-state index >= 15 is 0 Å². The van der Waals surface area contributed by atoms with E-state index in [9.17, 15) is 4.79 Å². The Hall–Kier alpha value is -1.22. The van der Waals surface area contributed by atoms with Gasteiger partial charge in [0.2, 0.25) is 5.91 Å². The first-order valence-electron chi connectivity index (χ1n) is 6.20. The van der Waals surface area contributed by atoms with Gasteiger partial charge in [-0.2, -0.15) is 0 Å². The van der Waals surface area contributed by atoms with Crippen molar-refractivity contribution in [3.05, 3.63) is 41.5 Å². The molecule has 1 unspecified atom stereocenters. The minimum atomic E-state index is 0.0792. The molecule has 0 aromatic heterocycles. The summed E-state index contributed by atoms with van der Waals surface area (Å²) in [5.74, 6) is 1.14. The molecule has 0 bridgehead atoms. The molecule has 1 heterocycles. The highest BCUT2D eigenvalue weighted by atomic mass is 32.2. The standard InChI is InChI=1S/C15H19NOS/c1-11-8-9-18-15(10-11)13-6-4-5-7-14(13)16(3)12(2)17/h4-8,15H,9-10H2,1-3H3. The Balaban J connectivity index is 2.33. The molecule has 1 aromatic carbocycles. The lowest BCUT2D eigenvalue weighted by Crippen LogP contribution is -2.24. The van der Waals surface area contributed by atoms with Crippen molar-refractivity contribution >= 4 is 23.4 Å². The largest absolute Gasteiger partial charge is 0.315 e. The summed E-state index contributed by atoms with van der Waals surface area (Å²) in [6.45, 7) is 3.79.